The number of nitrogens with zero attached hydrogens (tertiary/aromatic N) is 2. The molecule has 29 heavy (non-hydrogen) atoms. The molecule has 1 aromatic carbocycles. The molecule has 0 aromatic heterocycles. The first kappa shape index (κ1) is 21.2. The fourth-order valence-corrected chi connectivity index (χ4v) is 3.73. The molecule has 0 bridgehead atoms. The van der Waals surface area contributed by atoms with Crippen LogP contribution in [0.1, 0.15) is 27.1 Å². The van der Waals surface area contributed by atoms with Crippen molar-refractivity contribution in [3.63, 3.8) is 0 Å². The Labute approximate surface area is 170 Å². The van der Waals surface area contributed by atoms with E-state index in [4.69, 9.17) is 4.74 Å². The summed E-state index contributed by atoms with van der Waals surface area (Å²) in [5, 5.41) is 6.16. The van der Waals surface area contributed by atoms with E-state index in [0.29, 0.717) is 11.1 Å². The monoisotopic (exact) mass is 400 g/mol. The Balaban J connectivity index is 1.94. The Bertz CT molecular complexity index is 813. The van der Waals surface area contributed by atoms with Gasteiger partial charge in [0.05, 0.1) is 13.2 Å². The average molecular weight is 400 g/mol. The first-order valence-corrected chi connectivity index (χ1v) is 9.91. The van der Waals surface area contributed by atoms with Crippen molar-refractivity contribution >= 4 is 17.5 Å². The van der Waals surface area contributed by atoms with Gasteiger partial charge in [-0.1, -0.05) is 24.3 Å². The minimum Gasteiger partial charge on any atom is -0.383 e. The van der Waals surface area contributed by atoms with Crippen molar-refractivity contribution in [3.05, 3.63) is 46.8 Å². The maximum Gasteiger partial charge on any atom is 0.241 e. The van der Waals surface area contributed by atoms with E-state index in [9.17, 15) is 14.4 Å². The number of fused-ring (bicyclic) bond motifs is 1. The molecule has 2 aliphatic rings. The molecule has 2 N–H and O–H groups in total. The fourth-order valence-electron chi connectivity index (χ4n) is 3.73. The summed E-state index contributed by atoms with van der Waals surface area (Å²) in [7, 11) is 3.13. The number of rotatable bonds is 7. The third-order valence-electron chi connectivity index (χ3n) is 5.23. The summed E-state index contributed by atoms with van der Waals surface area (Å²) < 4.78 is 5.17. The SMILES string of the molecule is CNC1=C(N(CCOC)C(=O)CN2CCCNCC2)C(=O)c2ccccc2C1=O. The molecule has 0 unspecified atom stereocenters. The number of hydrogen-bond acceptors (Lipinski definition) is 7. The average Bonchev–Trinajstić information content (AvgIpc) is 3.00. The molecular weight excluding hydrogens is 372 g/mol. The number of allylic oxidation sites excluding steroid dienone is 2. The summed E-state index contributed by atoms with van der Waals surface area (Å²) in [5.74, 6) is -0.828. The van der Waals surface area contributed by atoms with Crippen molar-refractivity contribution in [2.75, 3.05) is 60.0 Å². The second kappa shape index (κ2) is 9.78. The number of amides is 1. The lowest BCUT2D eigenvalue weighted by Gasteiger charge is -2.31. The smallest absolute Gasteiger partial charge is 0.241 e. The van der Waals surface area contributed by atoms with Gasteiger partial charge in [-0.2, -0.15) is 0 Å². The van der Waals surface area contributed by atoms with Crippen LogP contribution in [0.5, 0.6) is 0 Å². The van der Waals surface area contributed by atoms with Crippen molar-refractivity contribution in [3.8, 4) is 0 Å². The highest BCUT2D eigenvalue weighted by Crippen LogP contribution is 2.27. The number of hydrogen-bond donors (Lipinski definition) is 2. The van der Waals surface area contributed by atoms with Gasteiger partial charge in [-0.05, 0) is 19.5 Å². The number of Topliss-reactive ketones (excluding diaryl/α,β-unsaturated/α-hetero) is 2. The topological polar surface area (TPSA) is 91.0 Å². The van der Waals surface area contributed by atoms with Crippen LogP contribution < -0.4 is 10.6 Å². The minimum atomic E-state index is -0.327. The lowest BCUT2D eigenvalue weighted by Crippen LogP contribution is -2.46. The predicted molar refractivity (Wildman–Crippen MR) is 109 cm³/mol. The van der Waals surface area contributed by atoms with Gasteiger partial charge in [-0.25, -0.2) is 0 Å². The number of methoxy groups -OCH3 is 1. The number of carbonyl (C=O) groups is 3. The summed E-state index contributed by atoms with van der Waals surface area (Å²) in [4.78, 5) is 43.0. The number of ketones is 2. The Hall–Kier alpha value is -2.55. The van der Waals surface area contributed by atoms with E-state index in [-0.39, 0.29) is 48.6 Å². The zero-order chi connectivity index (χ0) is 20.8. The van der Waals surface area contributed by atoms with Gasteiger partial charge in [0, 0.05) is 44.9 Å². The van der Waals surface area contributed by atoms with Gasteiger partial charge in [0.15, 0.2) is 0 Å². The molecule has 0 radical (unpaired) electrons. The third-order valence-corrected chi connectivity index (χ3v) is 5.23. The molecule has 1 heterocycles. The van der Waals surface area contributed by atoms with Crippen molar-refractivity contribution in [1.29, 1.82) is 0 Å². The minimum absolute atomic E-state index is 0.103. The highest BCUT2D eigenvalue weighted by Gasteiger charge is 2.37. The Morgan fingerprint density at radius 2 is 1.90 bits per heavy atom. The van der Waals surface area contributed by atoms with Crippen LogP contribution in [0.4, 0.5) is 0 Å². The molecule has 0 spiro atoms. The van der Waals surface area contributed by atoms with E-state index in [1.54, 1.807) is 38.4 Å². The van der Waals surface area contributed by atoms with E-state index in [0.717, 1.165) is 32.6 Å². The lowest BCUT2D eigenvalue weighted by atomic mass is 9.89. The van der Waals surface area contributed by atoms with E-state index in [2.05, 4.69) is 15.5 Å². The maximum atomic E-state index is 13.3. The first-order valence-electron chi connectivity index (χ1n) is 9.91. The highest BCUT2D eigenvalue weighted by molar-refractivity contribution is 6.27. The van der Waals surface area contributed by atoms with Gasteiger partial charge >= 0.3 is 0 Å². The number of benzene rings is 1. The highest BCUT2D eigenvalue weighted by atomic mass is 16.5. The van der Waals surface area contributed by atoms with Gasteiger partial charge in [0.2, 0.25) is 17.5 Å². The van der Waals surface area contributed by atoms with Crippen LogP contribution in [-0.2, 0) is 9.53 Å². The summed E-state index contributed by atoms with van der Waals surface area (Å²) in [6.45, 7) is 3.97. The molecule has 0 saturated carbocycles. The van der Waals surface area contributed by atoms with Crippen molar-refractivity contribution in [2.45, 2.75) is 6.42 Å². The number of nitrogens with one attached hydrogen (secondary N) is 2. The standard InChI is InChI=1S/C21H28N4O4/c1-22-18-19(21(28)16-7-4-3-6-15(16)20(18)27)25(12-13-29-2)17(26)14-24-10-5-8-23-9-11-24/h3-4,6-7,22-23H,5,8-14H2,1-2H3. The first-order chi connectivity index (χ1) is 14.1. The molecule has 8 nitrogen and oxygen atoms in total. The van der Waals surface area contributed by atoms with Crippen LogP contribution in [0.2, 0.25) is 0 Å². The van der Waals surface area contributed by atoms with Crippen molar-refractivity contribution in [1.82, 2.24) is 20.4 Å². The summed E-state index contributed by atoms with van der Waals surface area (Å²) in [5.41, 5.74) is 0.922. The predicted octanol–water partition coefficient (Wildman–Crippen LogP) is 0.267. The van der Waals surface area contributed by atoms with E-state index in [1.165, 1.54) is 4.90 Å². The molecule has 1 fully saturated rings. The zero-order valence-corrected chi connectivity index (χ0v) is 17.0. The number of likely N-dealkylation sites (N-methyl/N-ethyl adjacent to an activating group) is 1. The van der Waals surface area contributed by atoms with Gasteiger partial charge < -0.3 is 20.3 Å². The molecule has 1 amide bonds. The molecular formula is C21H28N4O4. The van der Waals surface area contributed by atoms with Gasteiger partial charge in [-0.3, -0.25) is 19.3 Å². The molecule has 1 aliphatic carbocycles. The van der Waals surface area contributed by atoms with Crippen LogP contribution in [-0.4, -0.2) is 87.3 Å². The lowest BCUT2D eigenvalue weighted by molar-refractivity contribution is -0.130. The van der Waals surface area contributed by atoms with Crippen LogP contribution in [0, 0.1) is 0 Å². The van der Waals surface area contributed by atoms with Crippen molar-refractivity contribution in [2.24, 2.45) is 0 Å². The quantitative estimate of drug-likeness (QED) is 0.679. The van der Waals surface area contributed by atoms with Gasteiger partial charge in [0.25, 0.3) is 0 Å². The molecule has 156 valence electrons. The van der Waals surface area contributed by atoms with Gasteiger partial charge in [-0.15, -0.1) is 0 Å². The molecule has 1 aromatic rings. The zero-order valence-electron chi connectivity index (χ0n) is 17.0. The number of carbonyl (C=O) groups excluding carboxylic acids is 3. The van der Waals surface area contributed by atoms with E-state index >= 15 is 0 Å². The molecule has 8 heteroatoms. The summed E-state index contributed by atoms with van der Waals surface area (Å²) in [6, 6.07) is 6.71. The largest absolute Gasteiger partial charge is 0.383 e. The van der Waals surface area contributed by atoms with Crippen LogP contribution in [0.25, 0.3) is 0 Å². The van der Waals surface area contributed by atoms with Crippen LogP contribution in [0.15, 0.2) is 35.7 Å². The summed E-state index contributed by atoms with van der Waals surface area (Å²) in [6.07, 6.45) is 0.959. The second-order valence-corrected chi connectivity index (χ2v) is 7.10. The van der Waals surface area contributed by atoms with Crippen LogP contribution >= 0.6 is 0 Å². The molecule has 0 atom stereocenters. The maximum absolute atomic E-state index is 13.3. The Morgan fingerprint density at radius 1 is 1.17 bits per heavy atom. The normalized spacial score (nSPS) is 17.7. The Kier molecular flexibility index (Phi) is 7.13. The third kappa shape index (κ3) is 4.55. The van der Waals surface area contributed by atoms with E-state index in [1.807, 2.05) is 0 Å². The molecule has 1 saturated heterocycles. The van der Waals surface area contributed by atoms with E-state index < -0.39 is 0 Å². The Morgan fingerprint density at radius 3 is 2.59 bits per heavy atom. The molecule has 1 aliphatic heterocycles. The second-order valence-electron chi connectivity index (χ2n) is 7.10. The summed E-state index contributed by atoms with van der Waals surface area (Å²) >= 11 is 0. The fraction of sp³-hybridized carbons (Fsp3) is 0.476. The van der Waals surface area contributed by atoms with Gasteiger partial charge in [0.1, 0.15) is 11.4 Å². The molecule has 3 rings (SSSR count). The van der Waals surface area contributed by atoms with Crippen LogP contribution in [0.3, 0.4) is 0 Å². The number of ether oxygens (including phenoxy) is 1. The van der Waals surface area contributed by atoms with Crippen molar-refractivity contribution < 1.29 is 19.1 Å².